The molecule has 0 amide bonds. The highest BCUT2D eigenvalue weighted by Crippen LogP contribution is 2.43. The smallest absolute Gasteiger partial charge is 0.123 e. The maximum absolute atomic E-state index is 10.0. The van der Waals surface area contributed by atoms with Crippen LogP contribution in [0.3, 0.4) is 0 Å². The predicted molar refractivity (Wildman–Crippen MR) is 75.1 cm³/mol. The molecule has 0 spiro atoms. The van der Waals surface area contributed by atoms with E-state index >= 15 is 0 Å². The minimum Gasteiger partial charge on any atom is -0.507 e. The molecule has 18 heavy (non-hydrogen) atoms. The summed E-state index contributed by atoms with van der Waals surface area (Å²) in [6.07, 6.45) is 3.80. The summed E-state index contributed by atoms with van der Waals surface area (Å²) in [4.78, 5) is 0. The molecule has 2 aromatic rings. The Labute approximate surface area is 112 Å². The van der Waals surface area contributed by atoms with E-state index in [4.69, 9.17) is 11.6 Å². The first kappa shape index (κ1) is 11.6. The Kier molecular flexibility index (Phi) is 3.00. The minimum atomic E-state index is 0.297. The molecule has 0 unspecified atom stereocenters. The maximum Gasteiger partial charge on any atom is 0.123 e. The van der Waals surface area contributed by atoms with Gasteiger partial charge in [-0.2, -0.15) is 0 Å². The van der Waals surface area contributed by atoms with Gasteiger partial charge in [0.2, 0.25) is 0 Å². The largest absolute Gasteiger partial charge is 0.507 e. The molecule has 2 heteroatoms. The van der Waals surface area contributed by atoms with Gasteiger partial charge >= 0.3 is 0 Å². The molecule has 1 fully saturated rings. The second-order valence-corrected chi connectivity index (χ2v) is 5.31. The zero-order valence-electron chi connectivity index (χ0n) is 10.1. The van der Waals surface area contributed by atoms with Crippen LogP contribution in [0.15, 0.2) is 42.5 Å². The molecule has 1 aliphatic carbocycles. The predicted octanol–water partition coefficient (Wildman–Crippen LogP) is 4.98. The maximum atomic E-state index is 10.0. The first-order valence-corrected chi connectivity index (χ1v) is 6.71. The molecule has 2 aromatic carbocycles. The number of phenolic OH excluding ortho intramolecular Hbond substituents is 1. The Balaban J connectivity index is 2.13. The summed E-state index contributed by atoms with van der Waals surface area (Å²) in [5, 5.41) is 10.7. The van der Waals surface area contributed by atoms with E-state index in [0.717, 1.165) is 11.1 Å². The number of aromatic hydroxyl groups is 1. The van der Waals surface area contributed by atoms with Gasteiger partial charge in [-0.15, -0.1) is 0 Å². The molecule has 0 saturated heterocycles. The molecule has 0 aliphatic heterocycles. The van der Waals surface area contributed by atoms with Gasteiger partial charge in [-0.1, -0.05) is 42.3 Å². The number of halogens is 1. The first-order chi connectivity index (χ1) is 8.75. The van der Waals surface area contributed by atoms with E-state index < -0.39 is 0 Å². The van der Waals surface area contributed by atoms with Crippen LogP contribution in [0.4, 0.5) is 0 Å². The summed E-state index contributed by atoms with van der Waals surface area (Å²) in [6.45, 7) is 0. The molecular formula is C16H15ClO. The summed E-state index contributed by atoms with van der Waals surface area (Å²) < 4.78 is 0. The van der Waals surface area contributed by atoms with Crippen LogP contribution in [0.2, 0.25) is 5.02 Å². The van der Waals surface area contributed by atoms with E-state index in [0.29, 0.717) is 16.7 Å². The van der Waals surface area contributed by atoms with Crippen molar-refractivity contribution < 1.29 is 5.11 Å². The summed E-state index contributed by atoms with van der Waals surface area (Å²) in [6, 6.07) is 13.5. The fourth-order valence-corrected chi connectivity index (χ4v) is 2.71. The number of benzene rings is 2. The Hall–Kier alpha value is -1.47. The van der Waals surface area contributed by atoms with E-state index in [-0.39, 0.29) is 0 Å². The average Bonchev–Trinajstić information content (AvgIpc) is 2.31. The van der Waals surface area contributed by atoms with E-state index in [1.54, 1.807) is 12.1 Å². The normalized spacial score (nSPS) is 15.4. The first-order valence-electron chi connectivity index (χ1n) is 6.33. The minimum absolute atomic E-state index is 0.297. The van der Waals surface area contributed by atoms with Crippen molar-refractivity contribution in [1.29, 1.82) is 0 Å². The summed E-state index contributed by atoms with van der Waals surface area (Å²) in [5.74, 6) is 0.936. The van der Waals surface area contributed by atoms with Gasteiger partial charge in [-0.05, 0) is 48.1 Å². The highest BCUT2D eigenvalue weighted by Gasteiger charge is 2.23. The van der Waals surface area contributed by atoms with Gasteiger partial charge in [0.1, 0.15) is 5.75 Å². The average molecular weight is 259 g/mol. The second-order valence-electron chi connectivity index (χ2n) is 4.88. The lowest BCUT2D eigenvalue weighted by Crippen LogP contribution is -2.09. The van der Waals surface area contributed by atoms with Crippen LogP contribution in [-0.4, -0.2) is 5.11 Å². The van der Waals surface area contributed by atoms with Crippen molar-refractivity contribution in [3.8, 4) is 16.9 Å². The Morgan fingerprint density at radius 3 is 2.50 bits per heavy atom. The van der Waals surface area contributed by atoms with Crippen molar-refractivity contribution in [3.63, 3.8) is 0 Å². The van der Waals surface area contributed by atoms with Crippen LogP contribution >= 0.6 is 11.6 Å². The molecular weight excluding hydrogens is 244 g/mol. The van der Waals surface area contributed by atoms with Crippen molar-refractivity contribution in [3.05, 3.63) is 53.1 Å². The van der Waals surface area contributed by atoms with Gasteiger partial charge in [0.25, 0.3) is 0 Å². The zero-order valence-corrected chi connectivity index (χ0v) is 10.8. The van der Waals surface area contributed by atoms with E-state index in [9.17, 15) is 5.11 Å². The molecule has 0 bridgehead atoms. The Morgan fingerprint density at radius 1 is 1.00 bits per heavy atom. The number of hydrogen-bond donors (Lipinski definition) is 1. The number of rotatable bonds is 2. The van der Waals surface area contributed by atoms with Gasteiger partial charge < -0.3 is 5.11 Å². The van der Waals surface area contributed by atoms with Crippen molar-refractivity contribution >= 4 is 11.6 Å². The quantitative estimate of drug-likeness (QED) is 0.805. The monoisotopic (exact) mass is 258 g/mol. The number of hydrogen-bond acceptors (Lipinski definition) is 1. The van der Waals surface area contributed by atoms with Gasteiger partial charge in [0.15, 0.2) is 0 Å². The lowest BCUT2D eigenvalue weighted by atomic mass is 9.77. The summed E-state index contributed by atoms with van der Waals surface area (Å²) in [5.41, 5.74) is 3.29. The van der Waals surface area contributed by atoms with Crippen LogP contribution in [-0.2, 0) is 0 Å². The van der Waals surface area contributed by atoms with Crippen molar-refractivity contribution in [2.24, 2.45) is 0 Å². The van der Waals surface area contributed by atoms with Crippen LogP contribution < -0.4 is 0 Å². The third-order valence-corrected chi connectivity index (χ3v) is 3.99. The van der Waals surface area contributed by atoms with E-state index in [1.165, 1.54) is 24.8 Å². The van der Waals surface area contributed by atoms with Crippen molar-refractivity contribution in [2.75, 3.05) is 0 Å². The molecule has 0 aromatic heterocycles. The van der Waals surface area contributed by atoms with Crippen LogP contribution in [0.25, 0.3) is 11.1 Å². The van der Waals surface area contributed by atoms with Crippen molar-refractivity contribution in [1.82, 2.24) is 0 Å². The molecule has 1 N–H and O–H groups in total. The van der Waals surface area contributed by atoms with Crippen LogP contribution in [0.1, 0.15) is 30.7 Å². The molecule has 0 atom stereocenters. The highest BCUT2D eigenvalue weighted by atomic mass is 35.5. The number of phenols is 1. The SMILES string of the molecule is Oc1ccc(Cl)cc1-c1ccccc1C1CCC1. The zero-order chi connectivity index (χ0) is 12.5. The van der Waals surface area contributed by atoms with Gasteiger partial charge in [-0.3, -0.25) is 0 Å². The van der Waals surface area contributed by atoms with Crippen molar-refractivity contribution in [2.45, 2.75) is 25.2 Å². The van der Waals surface area contributed by atoms with Crippen LogP contribution in [0.5, 0.6) is 5.75 Å². The molecule has 1 aliphatic rings. The molecule has 1 nitrogen and oxygen atoms in total. The standard InChI is InChI=1S/C16H15ClO/c17-12-8-9-16(18)15(10-12)14-7-2-1-6-13(14)11-4-3-5-11/h1-2,6-11,18H,3-5H2. The van der Waals surface area contributed by atoms with E-state index in [2.05, 4.69) is 18.2 Å². The fourth-order valence-electron chi connectivity index (χ4n) is 2.54. The third-order valence-electron chi connectivity index (χ3n) is 3.75. The lowest BCUT2D eigenvalue weighted by molar-refractivity contribution is 0.420. The lowest BCUT2D eigenvalue weighted by Gasteiger charge is -2.28. The summed E-state index contributed by atoms with van der Waals surface area (Å²) in [7, 11) is 0. The van der Waals surface area contributed by atoms with Crippen LogP contribution in [0, 0.1) is 0 Å². The topological polar surface area (TPSA) is 20.2 Å². The third kappa shape index (κ3) is 1.99. The Bertz CT molecular complexity index is 573. The molecule has 0 heterocycles. The second kappa shape index (κ2) is 4.66. The highest BCUT2D eigenvalue weighted by molar-refractivity contribution is 6.31. The fraction of sp³-hybridized carbons (Fsp3) is 0.250. The Morgan fingerprint density at radius 2 is 1.78 bits per heavy atom. The molecule has 92 valence electrons. The van der Waals surface area contributed by atoms with Gasteiger partial charge in [0.05, 0.1) is 0 Å². The van der Waals surface area contributed by atoms with Gasteiger partial charge in [-0.25, -0.2) is 0 Å². The van der Waals surface area contributed by atoms with Gasteiger partial charge in [0, 0.05) is 10.6 Å². The molecule has 0 radical (unpaired) electrons. The summed E-state index contributed by atoms with van der Waals surface area (Å²) >= 11 is 6.04. The molecule has 1 saturated carbocycles. The van der Waals surface area contributed by atoms with E-state index in [1.807, 2.05) is 12.1 Å². The molecule has 3 rings (SSSR count).